The number of hydrogen-bond acceptors (Lipinski definition) is 4. The van der Waals surface area contributed by atoms with Crippen LogP contribution < -0.4 is 5.32 Å². The van der Waals surface area contributed by atoms with Gasteiger partial charge in [0.2, 0.25) is 5.82 Å². The Morgan fingerprint density at radius 1 is 1.32 bits per heavy atom. The van der Waals surface area contributed by atoms with Gasteiger partial charge in [-0.1, -0.05) is 34.1 Å². The Kier molecular flexibility index (Phi) is 3.89. The second-order valence-corrected chi connectivity index (χ2v) is 5.80. The highest BCUT2D eigenvalue weighted by Gasteiger charge is 2.18. The Morgan fingerprint density at radius 3 is 2.82 bits per heavy atom. The first-order chi connectivity index (χ1) is 10.6. The van der Waals surface area contributed by atoms with Crippen LogP contribution in [0.15, 0.2) is 41.0 Å². The number of nitrogens with one attached hydrogen (secondary N) is 1. The van der Waals surface area contributed by atoms with Crippen LogP contribution in [0, 0.1) is 6.92 Å². The van der Waals surface area contributed by atoms with Crippen molar-refractivity contribution in [2.24, 2.45) is 0 Å². The smallest absolute Gasteiger partial charge is 0.291 e. The van der Waals surface area contributed by atoms with E-state index in [1.807, 2.05) is 44.2 Å². The van der Waals surface area contributed by atoms with Crippen molar-refractivity contribution in [3.8, 4) is 0 Å². The predicted octanol–water partition coefficient (Wildman–Crippen LogP) is 2.69. The van der Waals surface area contributed by atoms with Gasteiger partial charge < -0.3 is 5.32 Å². The summed E-state index contributed by atoms with van der Waals surface area (Å²) in [4.78, 5) is 20.6. The largest absolute Gasteiger partial charge is 0.343 e. The van der Waals surface area contributed by atoms with Crippen LogP contribution in [0.25, 0.3) is 5.78 Å². The molecule has 7 heteroatoms. The number of carbonyl (C=O) groups is 1. The van der Waals surface area contributed by atoms with Crippen molar-refractivity contribution >= 4 is 27.6 Å². The molecular formula is C15H14BrN5O. The van der Waals surface area contributed by atoms with Crippen molar-refractivity contribution in [3.63, 3.8) is 0 Å². The molecule has 0 saturated heterocycles. The Labute approximate surface area is 135 Å². The van der Waals surface area contributed by atoms with Crippen LogP contribution in [0.1, 0.15) is 34.8 Å². The van der Waals surface area contributed by atoms with Crippen LogP contribution in [0.4, 0.5) is 0 Å². The first-order valence-corrected chi connectivity index (χ1v) is 7.59. The molecule has 3 rings (SSSR count). The molecule has 2 aromatic heterocycles. The molecular weight excluding hydrogens is 346 g/mol. The first kappa shape index (κ1) is 14.6. The Balaban J connectivity index is 1.84. The molecule has 0 aliphatic heterocycles. The van der Waals surface area contributed by atoms with Crippen LogP contribution in [0.2, 0.25) is 0 Å². The maximum Gasteiger partial charge on any atom is 0.291 e. The summed E-state index contributed by atoms with van der Waals surface area (Å²) >= 11 is 3.48. The monoisotopic (exact) mass is 359 g/mol. The minimum absolute atomic E-state index is 0.112. The summed E-state index contributed by atoms with van der Waals surface area (Å²) < 4.78 is 2.50. The Bertz CT molecular complexity index is 845. The standard InChI is InChI=1S/C15H14BrN5O/c1-9-7-8-17-15-19-13(20-21(9)15)14(22)18-10(2)11-5-3-4-6-12(11)16/h3-8,10H,1-2H3,(H,18,22)/t10-/m0/s1. The maximum absolute atomic E-state index is 12.3. The summed E-state index contributed by atoms with van der Waals surface area (Å²) in [5.74, 6) is 0.201. The number of hydrogen-bond donors (Lipinski definition) is 1. The maximum atomic E-state index is 12.3. The van der Waals surface area contributed by atoms with E-state index in [1.165, 1.54) is 0 Å². The first-order valence-electron chi connectivity index (χ1n) is 6.80. The number of aryl methyl sites for hydroxylation is 1. The van der Waals surface area contributed by atoms with Gasteiger partial charge in [0, 0.05) is 16.4 Å². The number of aromatic nitrogens is 4. The van der Waals surface area contributed by atoms with E-state index >= 15 is 0 Å². The second kappa shape index (κ2) is 5.84. The third-order valence-electron chi connectivity index (χ3n) is 3.35. The van der Waals surface area contributed by atoms with E-state index in [9.17, 15) is 4.79 Å². The van der Waals surface area contributed by atoms with Crippen molar-refractivity contribution in [2.45, 2.75) is 19.9 Å². The van der Waals surface area contributed by atoms with Crippen LogP contribution in [0.3, 0.4) is 0 Å². The number of carbonyl (C=O) groups excluding carboxylic acids is 1. The molecule has 0 fully saturated rings. The summed E-state index contributed by atoms with van der Waals surface area (Å²) in [6.45, 7) is 3.80. The zero-order valence-electron chi connectivity index (χ0n) is 12.1. The van der Waals surface area contributed by atoms with Crippen LogP contribution >= 0.6 is 15.9 Å². The lowest BCUT2D eigenvalue weighted by Crippen LogP contribution is -2.27. The van der Waals surface area contributed by atoms with E-state index in [-0.39, 0.29) is 17.8 Å². The van der Waals surface area contributed by atoms with Crippen molar-refractivity contribution in [3.05, 3.63) is 58.1 Å². The van der Waals surface area contributed by atoms with Crippen molar-refractivity contribution in [2.75, 3.05) is 0 Å². The number of benzene rings is 1. The molecule has 0 bridgehead atoms. The molecule has 6 nitrogen and oxygen atoms in total. The number of nitrogens with zero attached hydrogens (tertiary/aromatic N) is 4. The molecule has 1 atom stereocenters. The molecule has 0 aliphatic carbocycles. The van der Waals surface area contributed by atoms with Crippen molar-refractivity contribution in [1.82, 2.24) is 24.9 Å². The minimum atomic E-state index is -0.326. The van der Waals surface area contributed by atoms with E-state index in [2.05, 4.69) is 36.3 Å². The molecule has 22 heavy (non-hydrogen) atoms. The third kappa shape index (κ3) is 2.71. The quantitative estimate of drug-likeness (QED) is 0.780. The number of rotatable bonds is 3. The zero-order valence-corrected chi connectivity index (χ0v) is 13.7. The lowest BCUT2D eigenvalue weighted by Gasteiger charge is -2.14. The van der Waals surface area contributed by atoms with Gasteiger partial charge in [-0.05, 0) is 31.5 Å². The normalized spacial score (nSPS) is 12.3. The predicted molar refractivity (Wildman–Crippen MR) is 85.5 cm³/mol. The molecule has 3 aromatic rings. The van der Waals surface area contributed by atoms with Gasteiger partial charge in [-0.2, -0.15) is 4.98 Å². The molecule has 2 heterocycles. The fourth-order valence-corrected chi connectivity index (χ4v) is 2.80. The molecule has 0 saturated carbocycles. The summed E-state index contributed by atoms with van der Waals surface area (Å²) in [7, 11) is 0. The molecule has 1 N–H and O–H groups in total. The van der Waals surface area contributed by atoms with E-state index in [1.54, 1.807) is 10.7 Å². The topological polar surface area (TPSA) is 72.2 Å². The van der Waals surface area contributed by atoms with Crippen LogP contribution in [0.5, 0.6) is 0 Å². The SMILES string of the molecule is Cc1ccnc2nc(C(=O)N[C@@H](C)c3ccccc3Br)nn12. The highest BCUT2D eigenvalue weighted by atomic mass is 79.9. The van der Waals surface area contributed by atoms with E-state index < -0.39 is 0 Å². The molecule has 0 spiro atoms. The lowest BCUT2D eigenvalue weighted by molar-refractivity contribution is 0.0929. The van der Waals surface area contributed by atoms with Crippen LogP contribution in [-0.2, 0) is 0 Å². The minimum Gasteiger partial charge on any atom is -0.343 e. The van der Waals surface area contributed by atoms with Gasteiger partial charge in [0.25, 0.3) is 11.7 Å². The fourth-order valence-electron chi connectivity index (χ4n) is 2.17. The van der Waals surface area contributed by atoms with Gasteiger partial charge in [0.05, 0.1) is 6.04 Å². The van der Waals surface area contributed by atoms with Crippen molar-refractivity contribution in [1.29, 1.82) is 0 Å². The number of amides is 1. The number of halogens is 1. The van der Waals surface area contributed by atoms with Gasteiger partial charge in [0.1, 0.15) is 0 Å². The molecule has 0 aliphatic rings. The van der Waals surface area contributed by atoms with E-state index in [4.69, 9.17) is 0 Å². The van der Waals surface area contributed by atoms with E-state index in [0.717, 1.165) is 15.7 Å². The van der Waals surface area contributed by atoms with Gasteiger partial charge in [0.15, 0.2) is 0 Å². The Hall–Kier alpha value is -2.28. The van der Waals surface area contributed by atoms with Gasteiger partial charge in [-0.15, -0.1) is 5.10 Å². The Morgan fingerprint density at radius 2 is 2.09 bits per heavy atom. The zero-order chi connectivity index (χ0) is 15.7. The molecule has 0 unspecified atom stereocenters. The highest BCUT2D eigenvalue weighted by molar-refractivity contribution is 9.10. The fraction of sp³-hybridized carbons (Fsp3) is 0.200. The van der Waals surface area contributed by atoms with Gasteiger partial charge >= 0.3 is 0 Å². The summed E-state index contributed by atoms with van der Waals surface area (Å²) in [5.41, 5.74) is 1.87. The second-order valence-electron chi connectivity index (χ2n) is 4.95. The van der Waals surface area contributed by atoms with Gasteiger partial charge in [-0.3, -0.25) is 4.79 Å². The lowest BCUT2D eigenvalue weighted by atomic mass is 10.1. The average molecular weight is 360 g/mol. The van der Waals surface area contributed by atoms with E-state index in [0.29, 0.717) is 5.78 Å². The van der Waals surface area contributed by atoms with Crippen LogP contribution in [-0.4, -0.2) is 25.5 Å². The molecule has 0 radical (unpaired) electrons. The highest BCUT2D eigenvalue weighted by Crippen LogP contribution is 2.22. The average Bonchev–Trinajstić information content (AvgIpc) is 2.93. The summed E-state index contributed by atoms with van der Waals surface area (Å²) in [6, 6.07) is 9.41. The summed E-state index contributed by atoms with van der Waals surface area (Å²) in [5, 5.41) is 7.10. The molecule has 112 valence electrons. The van der Waals surface area contributed by atoms with Gasteiger partial charge in [-0.25, -0.2) is 9.50 Å². The summed E-state index contributed by atoms with van der Waals surface area (Å²) in [6.07, 6.45) is 1.64. The molecule has 1 aromatic carbocycles. The van der Waals surface area contributed by atoms with Crippen molar-refractivity contribution < 1.29 is 4.79 Å². The number of fused-ring (bicyclic) bond motifs is 1. The third-order valence-corrected chi connectivity index (χ3v) is 4.07. The molecule has 1 amide bonds.